The van der Waals surface area contributed by atoms with Crippen LogP contribution in [0.3, 0.4) is 0 Å². The normalized spacial score (nSPS) is 11.8. The first-order valence-corrected chi connectivity index (χ1v) is 4.24. The lowest BCUT2D eigenvalue weighted by Gasteiger charge is -2.21. The minimum Gasteiger partial charge on any atom is -0.368 e. The van der Waals surface area contributed by atoms with Crippen LogP contribution in [0.25, 0.3) is 0 Å². The van der Waals surface area contributed by atoms with Crippen LogP contribution in [0.15, 0.2) is 0 Å². The minimum atomic E-state index is -1.37. The van der Waals surface area contributed by atoms with Crippen molar-refractivity contribution in [3.8, 4) is 0 Å². The maximum Gasteiger partial charge on any atom is 0.226 e. The third kappa shape index (κ3) is 4.82. The van der Waals surface area contributed by atoms with Crippen LogP contribution in [0, 0.1) is 5.41 Å². The Kier molecular flexibility index (Phi) is 4.90. The van der Waals surface area contributed by atoms with Crippen molar-refractivity contribution < 1.29 is 15.0 Å². The van der Waals surface area contributed by atoms with Crippen molar-refractivity contribution in [1.82, 2.24) is 5.32 Å². The van der Waals surface area contributed by atoms with Crippen LogP contribution in [-0.2, 0) is 4.79 Å². The van der Waals surface area contributed by atoms with Crippen molar-refractivity contribution in [1.29, 1.82) is 0 Å². The van der Waals surface area contributed by atoms with Gasteiger partial charge in [-0.25, -0.2) is 0 Å². The maximum absolute atomic E-state index is 11.3. The largest absolute Gasteiger partial charge is 0.368 e. The number of rotatable bonds is 5. The molecule has 78 valence electrons. The van der Waals surface area contributed by atoms with Gasteiger partial charge >= 0.3 is 0 Å². The number of nitrogens with two attached hydrogens (primary N) is 1. The van der Waals surface area contributed by atoms with Gasteiger partial charge in [0.2, 0.25) is 5.91 Å². The average Bonchev–Trinajstić information content (AvgIpc) is 2.03. The summed E-state index contributed by atoms with van der Waals surface area (Å²) < 4.78 is 0. The molecular formula is C8H18N2O3. The molecule has 0 aliphatic rings. The van der Waals surface area contributed by atoms with Crippen molar-refractivity contribution in [2.75, 3.05) is 13.1 Å². The van der Waals surface area contributed by atoms with E-state index in [0.29, 0.717) is 0 Å². The van der Waals surface area contributed by atoms with E-state index < -0.39 is 11.7 Å². The molecule has 0 saturated heterocycles. The molecule has 0 heterocycles. The Morgan fingerprint density at radius 2 is 2.08 bits per heavy atom. The Morgan fingerprint density at radius 3 is 2.46 bits per heavy atom. The molecule has 0 fully saturated rings. The fourth-order valence-electron chi connectivity index (χ4n) is 0.647. The molecule has 0 aromatic carbocycles. The van der Waals surface area contributed by atoms with Gasteiger partial charge in [0.05, 0.1) is 5.41 Å². The average molecular weight is 190 g/mol. The van der Waals surface area contributed by atoms with Gasteiger partial charge in [0, 0.05) is 19.5 Å². The Morgan fingerprint density at radius 1 is 1.54 bits per heavy atom. The Labute approximate surface area is 77.9 Å². The van der Waals surface area contributed by atoms with Crippen molar-refractivity contribution in [3.05, 3.63) is 0 Å². The number of carbonyl (C=O) groups is 1. The van der Waals surface area contributed by atoms with E-state index in [1.165, 1.54) is 0 Å². The molecule has 1 amide bonds. The quantitative estimate of drug-likeness (QED) is 0.409. The number of hydrogen-bond acceptors (Lipinski definition) is 4. The van der Waals surface area contributed by atoms with Crippen molar-refractivity contribution in [2.24, 2.45) is 11.1 Å². The lowest BCUT2D eigenvalue weighted by Crippen LogP contribution is -2.42. The molecule has 0 aromatic heterocycles. The summed E-state index contributed by atoms with van der Waals surface area (Å²) in [5.74, 6) is -0.171. The van der Waals surface area contributed by atoms with E-state index in [1.54, 1.807) is 13.8 Å². The van der Waals surface area contributed by atoms with E-state index in [0.717, 1.165) is 0 Å². The second kappa shape index (κ2) is 5.16. The molecule has 0 atom stereocenters. The van der Waals surface area contributed by atoms with Gasteiger partial charge in [-0.2, -0.15) is 0 Å². The van der Waals surface area contributed by atoms with Crippen LogP contribution in [0.1, 0.15) is 20.3 Å². The second-order valence-corrected chi connectivity index (χ2v) is 3.61. The predicted octanol–water partition coefficient (Wildman–Crippen LogP) is -1.21. The highest BCUT2D eigenvalue weighted by Gasteiger charge is 2.25. The van der Waals surface area contributed by atoms with Gasteiger partial charge in [0.1, 0.15) is 0 Å². The first-order chi connectivity index (χ1) is 5.90. The zero-order valence-electron chi connectivity index (χ0n) is 8.08. The van der Waals surface area contributed by atoms with Crippen LogP contribution < -0.4 is 11.1 Å². The number of amides is 1. The van der Waals surface area contributed by atoms with Gasteiger partial charge < -0.3 is 21.3 Å². The number of hydrogen-bond donors (Lipinski definition) is 4. The molecule has 0 bridgehead atoms. The van der Waals surface area contributed by atoms with E-state index in [1.807, 2.05) is 0 Å². The van der Waals surface area contributed by atoms with Gasteiger partial charge in [0.15, 0.2) is 6.29 Å². The molecule has 0 aliphatic carbocycles. The summed E-state index contributed by atoms with van der Waals surface area (Å²) in [6.07, 6.45) is -1.24. The molecule has 0 rings (SSSR count). The molecule has 0 spiro atoms. The molecule has 0 radical (unpaired) electrons. The molecule has 0 aliphatic heterocycles. The van der Waals surface area contributed by atoms with Crippen LogP contribution >= 0.6 is 0 Å². The summed E-state index contributed by atoms with van der Waals surface area (Å²) >= 11 is 0. The van der Waals surface area contributed by atoms with E-state index in [-0.39, 0.29) is 25.4 Å². The highest BCUT2D eigenvalue weighted by atomic mass is 16.5. The zero-order chi connectivity index (χ0) is 10.5. The maximum atomic E-state index is 11.3. The zero-order valence-corrected chi connectivity index (χ0v) is 8.08. The number of carbonyl (C=O) groups excluding carboxylic acids is 1. The van der Waals surface area contributed by atoms with E-state index in [4.69, 9.17) is 15.9 Å². The van der Waals surface area contributed by atoms with Gasteiger partial charge in [0.25, 0.3) is 0 Å². The number of aliphatic hydroxyl groups is 2. The molecule has 0 unspecified atom stereocenters. The monoisotopic (exact) mass is 190 g/mol. The van der Waals surface area contributed by atoms with E-state index in [2.05, 4.69) is 5.32 Å². The fourth-order valence-corrected chi connectivity index (χ4v) is 0.647. The van der Waals surface area contributed by atoms with Crippen molar-refractivity contribution in [2.45, 2.75) is 26.6 Å². The smallest absolute Gasteiger partial charge is 0.226 e. The van der Waals surface area contributed by atoms with Crippen molar-refractivity contribution >= 4 is 5.91 Å². The topological polar surface area (TPSA) is 95.6 Å². The summed E-state index contributed by atoms with van der Waals surface area (Å²) in [5.41, 5.74) is 4.78. The Hall–Kier alpha value is -0.650. The third-order valence-corrected chi connectivity index (χ3v) is 1.81. The highest BCUT2D eigenvalue weighted by Crippen LogP contribution is 2.11. The van der Waals surface area contributed by atoms with Gasteiger partial charge in [-0.3, -0.25) is 4.79 Å². The second-order valence-electron chi connectivity index (χ2n) is 3.61. The molecular weight excluding hydrogens is 172 g/mol. The van der Waals surface area contributed by atoms with E-state index in [9.17, 15) is 4.79 Å². The highest BCUT2D eigenvalue weighted by molar-refractivity contribution is 5.81. The summed E-state index contributed by atoms with van der Waals surface area (Å²) in [6.45, 7) is 3.98. The van der Waals surface area contributed by atoms with Gasteiger partial charge in [-0.1, -0.05) is 0 Å². The third-order valence-electron chi connectivity index (χ3n) is 1.81. The molecule has 5 N–H and O–H groups in total. The lowest BCUT2D eigenvalue weighted by atomic mass is 9.93. The van der Waals surface area contributed by atoms with Crippen LogP contribution in [-0.4, -0.2) is 35.5 Å². The lowest BCUT2D eigenvalue weighted by molar-refractivity contribution is -0.129. The fraction of sp³-hybridized carbons (Fsp3) is 0.875. The molecule has 5 heteroatoms. The Balaban J connectivity index is 3.75. The predicted molar refractivity (Wildman–Crippen MR) is 48.7 cm³/mol. The first kappa shape index (κ1) is 12.3. The Bertz CT molecular complexity index is 169. The SMILES string of the molecule is CC(C)(CN)C(=O)NCCC(O)O. The summed E-state index contributed by atoms with van der Waals surface area (Å²) in [6, 6.07) is 0. The number of nitrogens with one attached hydrogen (secondary N) is 1. The molecule has 0 saturated carbocycles. The van der Waals surface area contributed by atoms with Crippen LogP contribution in [0.5, 0.6) is 0 Å². The summed E-state index contributed by atoms with van der Waals surface area (Å²) in [7, 11) is 0. The first-order valence-electron chi connectivity index (χ1n) is 4.24. The summed E-state index contributed by atoms with van der Waals surface area (Å²) in [4.78, 5) is 11.3. The molecule has 5 nitrogen and oxygen atoms in total. The van der Waals surface area contributed by atoms with Crippen LogP contribution in [0.4, 0.5) is 0 Å². The van der Waals surface area contributed by atoms with E-state index >= 15 is 0 Å². The van der Waals surface area contributed by atoms with Crippen LogP contribution in [0.2, 0.25) is 0 Å². The molecule has 0 aromatic rings. The van der Waals surface area contributed by atoms with Gasteiger partial charge in [-0.15, -0.1) is 0 Å². The number of aliphatic hydroxyl groups excluding tert-OH is 1. The minimum absolute atomic E-state index is 0.131. The summed E-state index contributed by atoms with van der Waals surface area (Å²) in [5, 5.41) is 19.6. The molecule has 13 heavy (non-hydrogen) atoms. The standard InChI is InChI=1S/C8H18N2O3/c1-8(2,5-9)7(13)10-4-3-6(11)12/h6,11-12H,3-5,9H2,1-2H3,(H,10,13). The van der Waals surface area contributed by atoms with Crippen molar-refractivity contribution in [3.63, 3.8) is 0 Å². The van der Waals surface area contributed by atoms with Gasteiger partial charge in [-0.05, 0) is 13.8 Å².